The Bertz CT molecular complexity index is 3450. The van der Waals surface area contributed by atoms with Crippen molar-refractivity contribution in [3.63, 3.8) is 0 Å². The molecule has 0 saturated heterocycles. The lowest BCUT2D eigenvalue weighted by Gasteiger charge is -2.28. The molecule has 6 aromatic carbocycles. The third-order valence-electron chi connectivity index (χ3n) is 12.0. The van der Waals surface area contributed by atoms with Crippen molar-refractivity contribution in [1.82, 2.24) is 36.5 Å². The molecule has 5 N–H and O–H groups in total. The van der Waals surface area contributed by atoms with Crippen molar-refractivity contribution in [3.8, 4) is 0 Å². The van der Waals surface area contributed by atoms with Crippen LogP contribution in [0.5, 0.6) is 0 Å². The Morgan fingerprint density at radius 2 is 0.972 bits per heavy atom. The normalized spacial score (nSPS) is 13.0. The molecule has 21 heteroatoms. The van der Waals surface area contributed by atoms with Crippen LogP contribution in [-0.4, -0.2) is 113 Å². The summed E-state index contributed by atoms with van der Waals surface area (Å²) in [6.45, 7) is 1.11. The Hall–Kier alpha value is -9.34. The van der Waals surface area contributed by atoms with Crippen LogP contribution in [0.15, 0.2) is 115 Å². The van der Waals surface area contributed by atoms with Gasteiger partial charge in [-0.15, -0.1) is 0 Å². The molecule has 2 aliphatic rings. The smallest absolute Gasteiger partial charge is 0.270 e. The van der Waals surface area contributed by atoms with Gasteiger partial charge in [-0.3, -0.25) is 63.7 Å². The van der Waals surface area contributed by atoms with Crippen molar-refractivity contribution >= 4 is 90.9 Å². The first-order chi connectivity index (χ1) is 34.3. The fourth-order valence-electron chi connectivity index (χ4n) is 8.62. The maximum atomic E-state index is 14.2. The number of carbonyl (C=O) groups is 7. The molecular formula is C50H40N10O11. The average Bonchev–Trinajstić information content (AvgIpc) is 3.37. The summed E-state index contributed by atoms with van der Waals surface area (Å²) in [7, 11) is 0. The Morgan fingerprint density at radius 3 is 1.55 bits per heavy atom. The maximum Gasteiger partial charge on any atom is 0.270 e. The predicted molar refractivity (Wildman–Crippen MR) is 259 cm³/mol. The number of non-ortho nitro benzene ring substituents is 2. The standard InChI is InChI=1S/C50H40N10O11/c61-44(53-14-11-51-12-15-55-46(63)33-19-28-5-1-2-10-41(28)56-27-33)31-20-32(24-34(23-31)58-49(66)38-9-4-7-30-22-36(60(70)71)26-40(43(30)38)50(58)67)45(62)54-16-13-52-17-18-57-47(64)37-8-3-6-29-21-35(59(68)69)25-39(42(29)37)48(57)65/h1-10,19-27,51-52H,11-18H2,(H,53,61)(H,54,62)(H,55,63). The first kappa shape index (κ1) is 46.8. The molecule has 7 amide bonds. The summed E-state index contributed by atoms with van der Waals surface area (Å²) in [5.41, 5.74) is 0.364. The highest BCUT2D eigenvalue weighted by molar-refractivity contribution is 6.36. The van der Waals surface area contributed by atoms with E-state index in [2.05, 4.69) is 31.6 Å². The van der Waals surface area contributed by atoms with Crippen molar-refractivity contribution in [2.45, 2.75) is 0 Å². The van der Waals surface area contributed by atoms with Gasteiger partial charge in [-0.25, -0.2) is 4.90 Å². The highest BCUT2D eigenvalue weighted by Gasteiger charge is 2.37. The topological polar surface area (TPSA) is 285 Å². The van der Waals surface area contributed by atoms with E-state index in [0.29, 0.717) is 28.3 Å². The summed E-state index contributed by atoms with van der Waals surface area (Å²) in [4.78, 5) is 123. The van der Waals surface area contributed by atoms with Crippen LogP contribution in [0.1, 0.15) is 72.5 Å². The second-order valence-corrected chi connectivity index (χ2v) is 16.5. The molecule has 71 heavy (non-hydrogen) atoms. The van der Waals surface area contributed by atoms with Gasteiger partial charge in [0.1, 0.15) is 0 Å². The number of nitro benzene ring substituents is 2. The van der Waals surface area contributed by atoms with Crippen LogP contribution in [0.2, 0.25) is 0 Å². The Labute approximate surface area is 401 Å². The van der Waals surface area contributed by atoms with E-state index in [1.165, 1.54) is 48.7 Å². The van der Waals surface area contributed by atoms with Gasteiger partial charge in [-0.2, -0.15) is 0 Å². The molecule has 0 atom stereocenters. The number of benzene rings is 6. The molecule has 356 valence electrons. The average molecular weight is 957 g/mol. The second-order valence-electron chi connectivity index (χ2n) is 16.5. The van der Waals surface area contributed by atoms with Crippen LogP contribution >= 0.6 is 0 Å². The third kappa shape index (κ3) is 9.32. The molecule has 1 aromatic heterocycles. The largest absolute Gasteiger partial charge is 0.351 e. The van der Waals surface area contributed by atoms with Gasteiger partial charge in [0.05, 0.1) is 37.7 Å². The van der Waals surface area contributed by atoms with Gasteiger partial charge >= 0.3 is 0 Å². The fraction of sp³-hybridized carbons (Fsp3) is 0.160. The monoisotopic (exact) mass is 956 g/mol. The van der Waals surface area contributed by atoms with Crippen LogP contribution in [0.3, 0.4) is 0 Å². The number of anilines is 1. The molecule has 0 spiro atoms. The van der Waals surface area contributed by atoms with E-state index >= 15 is 0 Å². The molecule has 0 fully saturated rings. The minimum Gasteiger partial charge on any atom is -0.351 e. The number of pyridine rings is 1. The maximum absolute atomic E-state index is 14.2. The van der Waals surface area contributed by atoms with E-state index in [1.54, 1.807) is 30.3 Å². The van der Waals surface area contributed by atoms with Crippen molar-refractivity contribution < 1.29 is 43.4 Å². The number of nitrogens with one attached hydrogen (secondary N) is 5. The highest BCUT2D eigenvalue weighted by atomic mass is 16.6. The molecular weight excluding hydrogens is 917 g/mol. The molecule has 0 bridgehead atoms. The minimum absolute atomic E-state index is 0.00724. The van der Waals surface area contributed by atoms with E-state index in [9.17, 15) is 53.8 Å². The minimum atomic E-state index is -0.909. The number of fused-ring (bicyclic) bond motifs is 1. The Morgan fingerprint density at radius 1 is 0.493 bits per heavy atom. The fourth-order valence-corrected chi connectivity index (χ4v) is 8.62. The highest BCUT2D eigenvalue weighted by Crippen LogP contribution is 2.37. The molecule has 0 radical (unpaired) electrons. The Balaban J connectivity index is 0.852. The molecule has 0 unspecified atom stereocenters. The number of nitrogens with zero attached hydrogens (tertiary/aromatic N) is 5. The number of hydrogen-bond donors (Lipinski definition) is 5. The zero-order valence-corrected chi connectivity index (χ0v) is 37.4. The summed E-state index contributed by atoms with van der Waals surface area (Å²) in [5, 5.41) is 40.0. The zero-order valence-electron chi connectivity index (χ0n) is 37.4. The SMILES string of the molecule is O=C(NCCNCCNC(=O)c1cnc2ccccc2c1)c1cc(C(=O)NCCNCCN2C(=O)c3cccc4cc([N+](=O)[O-])cc(c34)C2=O)cc(N2C(=O)c3cccc4cc([N+](=O)[O-])cc(c34)C2=O)c1. The van der Waals surface area contributed by atoms with E-state index in [1.807, 2.05) is 24.3 Å². The van der Waals surface area contributed by atoms with Crippen molar-refractivity contribution in [2.24, 2.45) is 0 Å². The number of rotatable bonds is 18. The summed E-state index contributed by atoms with van der Waals surface area (Å²) < 4.78 is 0. The lowest BCUT2D eigenvalue weighted by Crippen LogP contribution is -2.44. The number of amides is 7. The third-order valence-corrected chi connectivity index (χ3v) is 12.0. The van der Waals surface area contributed by atoms with Gasteiger partial charge < -0.3 is 26.6 Å². The van der Waals surface area contributed by atoms with Gasteiger partial charge in [-0.05, 0) is 53.2 Å². The van der Waals surface area contributed by atoms with Gasteiger partial charge in [0, 0.05) is 121 Å². The zero-order chi connectivity index (χ0) is 49.9. The number of para-hydroxylation sites is 1. The second kappa shape index (κ2) is 19.7. The molecule has 3 heterocycles. The summed E-state index contributed by atoms with van der Waals surface area (Å²) in [5.74, 6) is -4.60. The van der Waals surface area contributed by atoms with Gasteiger partial charge in [-0.1, -0.05) is 42.5 Å². The molecule has 7 aromatic rings. The van der Waals surface area contributed by atoms with Crippen LogP contribution in [0.4, 0.5) is 17.1 Å². The molecule has 9 rings (SSSR count). The van der Waals surface area contributed by atoms with Gasteiger partial charge in [0.15, 0.2) is 0 Å². The molecule has 0 aliphatic carbocycles. The van der Waals surface area contributed by atoms with Crippen molar-refractivity contribution in [2.75, 3.05) is 57.3 Å². The van der Waals surface area contributed by atoms with E-state index < -0.39 is 45.3 Å². The lowest BCUT2D eigenvalue weighted by atomic mass is 9.92. The summed E-state index contributed by atoms with van der Waals surface area (Å²) in [6, 6.07) is 27.0. The van der Waals surface area contributed by atoms with Crippen molar-refractivity contribution in [1.29, 1.82) is 0 Å². The molecule has 2 aliphatic heterocycles. The van der Waals surface area contributed by atoms with Gasteiger partial charge in [0.25, 0.3) is 52.7 Å². The van der Waals surface area contributed by atoms with Gasteiger partial charge in [0.2, 0.25) is 0 Å². The van der Waals surface area contributed by atoms with Crippen molar-refractivity contribution in [3.05, 3.63) is 175 Å². The summed E-state index contributed by atoms with van der Waals surface area (Å²) >= 11 is 0. The Kier molecular flexibility index (Phi) is 13.0. The number of carbonyl (C=O) groups excluding carboxylic acids is 7. The summed E-state index contributed by atoms with van der Waals surface area (Å²) in [6.07, 6.45) is 1.50. The van der Waals surface area contributed by atoms with E-state index in [4.69, 9.17) is 0 Å². The van der Waals surface area contributed by atoms with E-state index in [-0.39, 0.29) is 108 Å². The first-order valence-corrected chi connectivity index (χ1v) is 22.2. The number of nitro groups is 2. The number of hydrogen-bond acceptors (Lipinski definition) is 14. The van der Waals surface area contributed by atoms with Crippen LogP contribution in [0.25, 0.3) is 32.4 Å². The van der Waals surface area contributed by atoms with Crippen LogP contribution in [0, 0.1) is 20.2 Å². The predicted octanol–water partition coefficient (Wildman–Crippen LogP) is 4.52. The number of imide groups is 2. The van der Waals surface area contributed by atoms with Crippen LogP contribution < -0.4 is 31.5 Å². The first-order valence-electron chi connectivity index (χ1n) is 22.2. The number of aromatic nitrogens is 1. The van der Waals surface area contributed by atoms with E-state index in [0.717, 1.165) is 32.8 Å². The molecule has 0 saturated carbocycles. The van der Waals surface area contributed by atoms with Crippen LogP contribution in [-0.2, 0) is 0 Å². The quantitative estimate of drug-likeness (QED) is 0.0342. The lowest BCUT2D eigenvalue weighted by molar-refractivity contribution is -0.384. The molecule has 21 nitrogen and oxygen atoms in total.